The summed E-state index contributed by atoms with van der Waals surface area (Å²) in [6.07, 6.45) is 1.47. The molecule has 0 radical (unpaired) electrons. The third-order valence-electron chi connectivity index (χ3n) is 5.31. The summed E-state index contributed by atoms with van der Waals surface area (Å²) in [4.78, 5) is 2.12. The Kier molecular flexibility index (Phi) is 6.44. The summed E-state index contributed by atoms with van der Waals surface area (Å²) >= 11 is 17.8. The highest BCUT2D eigenvalue weighted by Crippen LogP contribution is 2.22. The molecule has 2 aromatic heterocycles. The summed E-state index contributed by atoms with van der Waals surface area (Å²) < 4.78 is 38.7. The molecule has 2 aromatic rings. The number of hydrogen-bond acceptors (Lipinski definition) is 6. The minimum absolute atomic E-state index is 0.109. The lowest BCUT2D eigenvalue weighted by atomic mass is 10.3. The lowest BCUT2D eigenvalue weighted by Crippen LogP contribution is -2.57. The van der Waals surface area contributed by atoms with Crippen LogP contribution >= 0.6 is 35.4 Å². The van der Waals surface area contributed by atoms with Gasteiger partial charge in [-0.25, -0.2) is 4.68 Å². The zero-order valence-corrected chi connectivity index (χ0v) is 19.9. The van der Waals surface area contributed by atoms with Crippen LogP contribution in [0.4, 0.5) is 0 Å². The molecule has 0 bridgehead atoms. The fourth-order valence-corrected chi connectivity index (χ4v) is 6.41. The Morgan fingerprint density at radius 2 is 1.77 bits per heavy atom. The van der Waals surface area contributed by atoms with Gasteiger partial charge < -0.3 is 4.74 Å². The zero-order chi connectivity index (χ0) is 21.6. The van der Waals surface area contributed by atoms with Crippen LogP contribution < -0.4 is 0 Å². The van der Waals surface area contributed by atoms with Crippen molar-refractivity contribution in [1.29, 1.82) is 0 Å². The van der Waals surface area contributed by atoms with E-state index in [2.05, 4.69) is 10.00 Å². The van der Waals surface area contributed by atoms with Crippen molar-refractivity contribution in [3.8, 4) is 0 Å². The second-order valence-electron chi connectivity index (χ2n) is 7.72. The summed E-state index contributed by atoms with van der Waals surface area (Å²) in [6.45, 7) is 7.00. The van der Waals surface area contributed by atoms with Crippen molar-refractivity contribution in [1.82, 2.24) is 27.7 Å². The average Bonchev–Trinajstić information content (AvgIpc) is 2.98. The van der Waals surface area contributed by atoms with Gasteiger partial charge in [0.05, 0.1) is 28.9 Å². The molecule has 13 heteroatoms. The highest BCUT2D eigenvalue weighted by molar-refractivity contribution is 7.86. The van der Waals surface area contributed by atoms with Crippen LogP contribution in [0.1, 0.15) is 13.8 Å². The fraction of sp³-hybridized carbons (Fsp3) is 0.647. The second kappa shape index (κ2) is 8.62. The SMILES string of the molecule is CC1CN(S(=O)(=O)N2CCN(Cn3nc4c(Cl)cc(Cl)cn4c3=S)CC2)CC(C)O1. The van der Waals surface area contributed by atoms with Gasteiger partial charge in [-0.3, -0.25) is 9.30 Å². The lowest BCUT2D eigenvalue weighted by molar-refractivity contribution is -0.0458. The highest BCUT2D eigenvalue weighted by atomic mass is 35.5. The van der Waals surface area contributed by atoms with Crippen molar-refractivity contribution in [3.05, 3.63) is 27.1 Å². The number of ether oxygens (including phenoxy) is 1. The minimum atomic E-state index is -3.51. The van der Waals surface area contributed by atoms with E-state index >= 15 is 0 Å². The third kappa shape index (κ3) is 4.40. The monoisotopic (exact) mass is 494 g/mol. The molecule has 2 aliphatic heterocycles. The molecule has 2 saturated heterocycles. The number of morpholine rings is 1. The Morgan fingerprint density at radius 1 is 1.13 bits per heavy atom. The summed E-state index contributed by atoms with van der Waals surface area (Å²) in [6, 6.07) is 1.63. The van der Waals surface area contributed by atoms with E-state index in [0.29, 0.717) is 66.4 Å². The Labute approximate surface area is 190 Å². The van der Waals surface area contributed by atoms with Crippen LogP contribution in [0.15, 0.2) is 12.3 Å². The molecule has 4 heterocycles. The first kappa shape index (κ1) is 22.4. The van der Waals surface area contributed by atoms with Gasteiger partial charge in [-0.15, -0.1) is 5.10 Å². The topological polar surface area (TPSA) is 75.3 Å². The molecule has 2 aliphatic rings. The van der Waals surface area contributed by atoms with E-state index in [4.69, 9.17) is 40.2 Å². The Morgan fingerprint density at radius 3 is 2.40 bits per heavy atom. The van der Waals surface area contributed by atoms with E-state index in [1.54, 1.807) is 25.7 Å². The van der Waals surface area contributed by atoms with Crippen molar-refractivity contribution in [3.63, 3.8) is 0 Å². The molecular formula is C17H24Cl2N6O3S2. The maximum absolute atomic E-state index is 13.1. The van der Waals surface area contributed by atoms with Gasteiger partial charge >= 0.3 is 0 Å². The van der Waals surface area contributed by atoms with Gasteiger partial charge in [-0.05, 0) is 32.1 Å². The largest absolute Gasteiger partial charge is 0.373 e. The second-order valence-corrected chi connectivity index (χ2v) is 10.9. The van der Waals surface area contributed by atoms with Crippen LogP contribution in [0.2, 0.25) is 10.0 Å². The lowest BCUT2D eigenvalue weighted by Gasteiger charge is -2.40. The smallest absolute Gasteiger partial charge is 0.282 e. The number of halogens is 2. The Balaban J connectivity index is 1.43. The van der Waals surface area contributed by atoms with Gasteiger partial charge in [-0.2, -0.15) is 17.0 Å². The summed E-state index contributed by atoms with van der Waals surface area (Å²) in [5, 5.41) is 5.40. The number of hydrogen-bond donors (Lipinski definition) is 0. The molecule has 0 spiro atoms. The van der Waals surface area contributed by atoms with E-state index in [0.717, 1.165) is 0 Å². The molecule has 166 valence electrons. The summed E-state index contributed by atoms with van der Waals surface area (Å²) in [5.74, 6) is 0. The molecule has 9 nitrogen and oxygen atoms in total. The predicted octanol–water partition coefficient (Wildman–Crippen LogP) is 2.10. The predicted molar refractivity (Wildman–Crippen MR) is 118 cm³/mol. The molecule has 0 aromatic carbocycles. The van der Waals surface area contributed by atoms with Crippen LogP contribution in [0.3, 0.4) is 0 Å². The number of aromatic nitrogens is 3. The summed E-state index contributed by atoms with van der Waals surface area (Å²) in [7, 11) is -3.51. The molecule has 0 amide bonds. The average molecular weight is 495 g/mol. The molecule has 0 N–H and O–H groups in total. The van der Waals surface area contributed by atoms with Gasteiger partial charge in [0.1, 0.15) is 0 Å². The Bertz CT molecular complexity index is 1090. The van der Waals surface area contributed by atoms with Crippen LogP contribution in [0, 0.1) is 4.77 Å². The number of piperazine rings is 1. The summed E-state index contributed by atoms with van der Waals surface area (Å²) in [5.41, 5.74) is 0.544. The molecule has 2 unspecified atom stereocenters. The van der Waals surface area contributed by atoms with E-state index < -0.39 is 10.2 Å². The minimum Gasteiger partial charge on any atom is -0.373 e. The maximum Gasteiger partial charge on any atom is 0.282 e. The highest BCUT2D eigenvalue weighted by Gasteiger charge is 2.36. The quantitative estimate of drug-likeness (QED) is 0.605. The number of fused-ring (bicyclic) bond motifs is 1. The molecule has 0 saturated carbocycles. The number of rotatable bonds is 4. The first-order chi connectivity index (χ1) is 14.1. The fourth-order valence-electron chi connectivity index (χ4n) is 3.91. The number of pyridine rings is 1. The Hall–Kier alpha value is -0.790. The molecule has 4 rings (SSSR count). The van der Waals surface area contributed by atoms with Crippen LogP contribution in [0.5, 0.6) is 0 Å². The van der Waals surface area contributed by atoms with Crippen molar-refractivity contribution in [2.24, 2.45) is 0 Å². The first-order valence-corrected chi connectivity index (χ1v) is 12.3. The van der Waals surface area contributed by atoms with E-state index in [-0.39, 0.29) is 12.2 Å². The van der Waals surface area contributed by atoms with Gasteiger partial charge in [0.25, 0.3) is 10.2 Å². The van der Waals surface area contributed by atoms with E-state index in [1.807, 2.05) is 13.8 Å². The van der Waals surface area contributed by atoms with Gasteiger partial charge in [0.15, 0.2) is 5.65 Å². The molecule has 0 aliphatic carbocycles. The molecule has 30 heavy (non-hydrogen) atoms. The van der Waals surface area contributed by atoms with Crippen LogP contribution in [-0.2, 0) is 21.6 Å². The molecule has 2 fully saturated rings. The first-order valence-electron chi connectivity index (χ1n) is 9.72. The number of nitrogens with zero attached hydrogens (tertiary/aromatic N) is 6. The normalized spacial score (nSPS) is 25.2. The van der Waals surface area contributed by atoms with Crippen molar-refractivity contribution < 1.29 is 13.2 Å². The standard InChI is InChI=1S/C17H24Cl2N6O3S2/c1-12-8-23(9-13(2)28-12)30(26,27)22-5-3-21(4-6-22)11-25-17(29)24-10-14(18)7-15(19)16(24)20-25/h7,10,12-13H,3-6,8-9,11H2,1-2H3. The van der Waals surface area contributed by atoms with E-state index in [1.165, 1.54) is 4.31 Å². The maximum atomic E-state index is 13.1. The van der Waals surface area contributed by atoms with Crippen LogP contribution in [0.25, 0.3) is 5.65 Å². The van der Waals surface area contributed by atoms with Gasteiger partial charge in [0, 0.05) is 45.5 Å². The molecular weight excluding hydrogens is 471 g/mol. The van der Waals surface area contributed by atoms with Gasteiger partial charge in [0.2, 0.25) is 4.77 Å². The molecule has 2 atom stereocenters. The van der Waals surface area contributed by atoms with Crippen molar-refractivity contribution in [2.45, 2.75) is 32.7 Å². The van der Waals surface area contributed by atoms with Crippen molar-refractivity contribution >= 4 is 51.3 Å². The van der Waals surface area contributed by atoms with Gasteiger partial charge in [-0.1, -0.05) is 23.2 Å². The third-order valence-corrected chi connectivity index (χ3v) is 8.17. The van der Waals surface area contributed by atoms with E-state index in [9.17, 15) is 8.42 Å². The zero-order valence-electron chi connectivity index (χ0n) is 16.7. The van der Waals surface area contributed by atoms with Crippen molar-refractivity contribution in [2.75, 3.05) is 39.3 Å². The van der Waals surface area contributed by atoms with Crippen LogP contribution in [-0.4, -0.2) is 87.6 Å².